The first-order valence-electron chi connectivity index (χ1n) is 7.57. The van der Waals surface area contributed by atoms with Crippen LogP contribution in [0.4, 0.5) is 5.69 Å². The van der Waals surface area contributed by atoms with Gasteiger partial charge < -0.3 is 15.1 Å². The van der Waals surface area contributed by atoms with Gasteiger partial charge >= 0.3 is 0 Å². The average Bonchev–Trinajstić information content (AvgIpc) is 2.42. The second-order valence-electron chi connectivity index (χ2n) is 5.91. The monoisotopic (exact) mass is 305 g/mol. The zero-order valence-electron chi connectivity index (χ0n) is 14.3. The van der Waals surface area contributed by atoms with Gasteiger partial charge in [-0.3, -0.25) is 9.59 Å². The fourth-order valence-corrected chi connectivity index (χ4v) is 2.03. The van der Waals surface area contributed by atoms with Gasteiger partial charge in [-0.2, -0.15) is 0 Å². The van der Waals surface area contributed by atoms with Crippen molar-refractivity contribution in [2.24, 2.45) is 0 Å². The summed E-state index contributed by atoms with van der Waals surface area (Å²) in [4.78, 5) is 27.3. The molecule has 1 rings (SSSR count). The van der Waals surface area contributed by atoms with Crippen LogP contribution in [0.15, 0.2) is 18.2 Å². The van der Waals surface area contributed by atoms with Crippen LogP contribution in [0.3, 0.4) is 0 Å². The van der Waals surface area contributed by atoms with E-state index < -0.39 is 0 Å². The molecule has 0 unspecified atom stereocenters. The van der Waals surface area contributed by atoms with Crippen molar-refractivity contribution < 1.29 is 9.59 Å². The molecule has 22 heavy (non-hydrogen) atoms. The van der Waals surface area contributed by atoms with Gasteiger partial charge in [-0.05, 0) is 51.2 Å². The van der Waals surface area contributed by atoms with Gasteiger partial charge in [0.25, 0.3) is 0 Å². The van der Waals surface area contributed by atoms with E-state index in [1.165, 1.54) is 12.5 Å². The lowest BCUT2D eigenvalue weighted by atomic mass is 10.1. The van der Waals surface area contributed by atoms with Crippen LogP contribution in [0.5, 0.6) is 0 Å². The predicted octanol–water partition coefficient (Wildman–Crippen LogP) is 2.04. The van der Waals surface area contributed by atoms with Crippen LogP contribution < -0.4 is 5.32 Å². The van der Waals surface area contributed by atoms with Gasteiger partial charge in [0.1, 0.15) is 0 Å². The number of rotatable bonds is 7. The zero-order chi connectivity index (χ0) is 16.7. The number of hydrogen-bond acceptors (Lipinski definition) is 3. The first-order valence-corrected chi connectivity index (χ1v) is 7.57. The molecule has 1 aromatic rings. The van der Waals surface area contributed by atoms with Crippen LogP contribution in [0, 0.1) is 13.8 Å². The van der Waals surface area contributed by atoms with Crippen molar-refractivity contribution in [2.75, 3.05) is 39.0 Å². The summed E-state index contributed by atoms with van der Waals surface area (Å²) in [6.45, 7) is 7.47. The molecule has 122 valence electrons. The summed E-state index contributed by atoms with van der Waals surface area (Å²) in [5, 5.41) is 2.88. The Morgan fingerprint density at radius 1 is 1.05 bits per heavy atom. The largest absolute Gasteiger partial charge is 0.341 e. The zero-order valence-corrected chi connectivity index (χ0v) is 14.3. The molecular weight excluding hydrogens is 278 g/mol. The molecule has 0 saturated heterocycles. The Balaban J connectivity index is 2.49. The lowest BCUT2D eigenvalue weighted by molar-refractivity contribution is -0.129. The molecule has 0 saturated carbocycles. The van der Waals surface area contributed by atoms with E-state index in [2.05, 4.69) is 5.32 Å². The number of likely N-dealkylation sites (N-methyl/N-ethyl adjacent to an activating group) is 1. The van der Waals surface area contributed by atoms with Crippen molar-refractivity contribution in [3.8, 4) is 0 Å². The Bertz CT molecular complexity index is 527. The number of carbonyl (C=O) groups excluding carboxylic acids is 2. The third kappa shape index (κ3) is 6.26. The second kappa shape index (κ2) is 8.54. The van der Waals surface area contributed by atoms with Gasteiger partial charge in [0.2, 0.25) is 11.8 Å². The summed E-state index contributed by atoms with van der Waals surface area (Å²) in [5.41, 5.74) is 3.15. The molecule has 0 aromatic heterocycles. The van der Waals surface area contributed by atoms with Crippen molar-refractivity contribution >= 4 is 17.5 Å². The smallest absolute Gasteiger partial charge is 0.226 e. The molecule has 2 amide bonds. The summed E-state index contributed by atoms with van der Waals surface area (Å²) >= 11 is 0. The third-order valence-corrected chi connectivity index (χ3v) is 3.66. The van der Waals surface area contributed by atoms with E-state index in [1.807, 2.05) is 51.0 Å². The van der Waals surface area contributed by atoms with E-state index in [0.29, 0.717) is 19.5 Å². The van der Waals surface area contributed by atoms with E-state index in [4.69, 9.17) is 0 Å². The Morgan fingerprint density at radius 3 is 2.27 bits per heavy atom. The van der Waals surface area contributed by atoms with Crippen molar-refractivity contribution in [2.45, 2.75) is 27.2 Å². The standard InChI is InChI=1S/C17H27N3O2/c1-13-6-7-16(12-14(13)2)18-17(22)8-9-20(15(3)21)11-10-19(4)5/h6-7,12H,8-11H2,1-5H3,(H,18,22). The summed E-state index contributed by atoms with van der Waals surface area (Å²) in [7, 11) is 3.93. The maximum absolute atomic E-state index is 12.0. The number of aryl methyl sites for hydroxylation is 2. The van der Waals surface area contributed by atoms with Crippen molar-refractivity contribution in [1.29, 1.82) is 0 Å². The first-order chi connectivity index (χ1) is 10.3. The number of anilines is 1. The van der Waals surface area contributed by atoms with Crippen molar-refractivity contribution in [1.82, 2.24) is 9.80 Å². The number of benzene rings is 1. The molecule has 0 radical (unpaired) electrons. The van der Waals surface area contributed by atoms with Gasteiger partial charge in [0.15, 0.2) is 0 Å². The maximum atomic E-state index is 12.0. The molecule has 1 aromatic carbocycles. The molecule has 0 heterocycles. The average molecular weight is 305 g/mol. The van der Waals surface area contributed by atoms with Crippen LogP contribution in [-0.4, -0.2) is 55.3 Å². The van der Waals surface area contributed by atoms with Crippen LogP contribution in [0.25, 0.3) is 0 Å². The molecule has 0 aliphatic heterocycles. The summed E-state index contributed by atoms with van der Waals surface area (Å²) in [6, 6.07) is 5.85. The molecule has 1 N–H and O–H groups in total. The van der Waals surface area contributed by atoms with E-state index in [0.717, 1.165) is 17.8 Å². The quantitative estimate of drug-likeness (QED) is 0.839. The van der Waals surface area contributed by atoms with Gasteiger partial charge in [-0.25, -0.2) is 0 Å². The molecule has 5 nitrogen and oxygen atoms in total. The Morgan fingerprint density at radius 2 is 1.73 bits per heavy atom. The highest BCUT2D eigenvalue weighted by Gasteiger charge is 2.11. The SMILES string of the molecule is CC(=O)N(CCC(=O)Nc1ccc(C)c(C)c1)CCN(C)C. The highest BCUT2D eigenvalue weighted by Crippen LogP contribution is 2.14. The summed E-state index contributed by atoms with van der Waals surface area (Å²) in [5.74, 6) is -0.0693. The fourth-order valence-electron chi connectivity index (χ4n) is 2.03. The topological polar surface area (TPSA) is 52.7 Å². The predicted molar refractivity (Wildman–Crippen MR) is 90.0 cm³/mol. The van der Waals surface area contributed by atoms with Crippen LogP contribution in [0.1, 0.15) is 24.5 Å². The highest BCUT2D eigenvalue weighted by molar-refractivity contribution is 5.91. The minimum Gasteiger partial charge on any atom is -0.341 e. The highest BCUT2D eigenvalue weighted by atomic mass is 16.2. The van der Waals surface area contributed by atoms with E-state index in [-0.39, 0.29) is 11.8 Å². The first kappa shape index (κ1) is 18.2. The lowest BCUT2D eigenvalue weighted by Crippen LogP contribution is -2.37. The Labute approximate surface area is 133 Å². The molecule has 0 atom stereocenters. The van der Waals surface area contributed by atoms with Crippen molar-refractivity contribution in [3.63, 3.8) is 0 Å². The van der Waals surface area contributed by atoms with Crippen LogP contribution in [0.2, 0.25) is 0 Å². The Hall–Kier alpha value is -1.88. The van der Waals surface area contributed by atoms with E-state index in [9.17, 15) is 9.59 Å². The molecule has 0 aliphatic rings. The lowest BCUT2D eigenvalue weighted by Gasteiger charge is -2.22. The number of nitrogens with zero attached hydrogens (tertiary/aromatic N) is 2. The van der Waals surface area contributed by atoms with E-state index >= 15 is 0 Å². The Kier molecular flexibility index (Phi) is 7.05. The third-order valence-electron chi connectivity index (χ3n) is 3.66. The van der Waals surface area contributed by atoms with Gasteiger partial charge in [0, 0.05) is 38.7 Å². The van der Waals surface area contributed by atoms with Crippen LogP contribution >= 0.6 is 0 Å². The number of hydrogen-bond donors (Lipinski definition) is 1. The fraction of sp³-hybridized carbons (Fsp3) is 0.529. The maximum Gasteiger partial charge on any atom is 0.226 e. The van der Waals surface area contributed by atoms with Gasteiger partial charge in [0.05, 0.1) is 0 Å². The van der Waals surface area contributed by atoms with Gasteiger partial charge in [-0.1, -0.05) is 6.07 Å². The minimum absolute atomic E-state index is 0.000769. The second-order valence-corrected chi connectivity index (χ2v) is 5.91. The number of amides is 2. The van der Waals surface area contributed by atoms with E-state index in [1.54, 1.807) is 4.90 Å². The van der Waals surface area contributed by atoms with Crippen molar-refractivity contribution in [3.05, 3.63) is 29.3 Å². The molecule has 5 heteroatoms. The summed E-state index contributed by atoms with van der Waals surface area (Å²) < 4.78 is 0. The van der Waals surface area contributed by atoms with Crippen LogP contribution in [-0.2, 0) is 9.59 Å². The van der Waals surface area contributed by atoms with Gasteiger partial charge in [-0.15, -0.1) is 0 Å². The molecule has 0 fully saturated rings. The summed E-state index contributed by atoms with van der Waals surface area (Å²) in [6.07, 6.45) is 0.305. The number of nitrogens with one attached hydrogen (secondary N) is 1. The molecule has 0 bridgehead atoms. The molecule has 0 spiro atoms. The molecule has 0 aliphatic carbocycles. The number of carbonyl (C=O) groups is 2. The minimum atomic E-state index is -0.0700. The normalized spacial score (nSPS) is 10.6. The molecular formula is C17H27N3O2.